The summed E-state index contributed by atoms with van der Waals surface area (Å²) >= 11 is 0. The molecular formula is C18H21FN2O3. The Kier molecular flexibility index (Phi) is 4.94. The minimum Gasteiger partial charge on any atom is -0.441 e. The van der Waals surface area contributed by atoms with Gasteiger partial charge in [0.25, 0.3) is 0 Å². The van der Waals surface area contributed by atoms with Crippen LogP contribution in [0.1, 0.15) is 25.2 Å². The number of carbonyl (C=O) groups excluding carboxylic acids is 1. The normalized spacial score (nSPS) is 15.3. The van der Waals surface area contributed by atoms with Crippen molar-refractivity contribution in [1.82, 2.24) is 9.88 Å². The first-order chi connectivity index (χ1) is 11.5. The summed E-state index contributed by atoms with van der Waals surface area (Å²) < 4.78 is 18.5. The molecule has 1 aromatic carbocycles. The number of aryl methyl sites for hydroxylation is 1. The number of carbonyl (C=O) groups is 1. The molecule has 1 atom stereocenters. The number of amides is 1. The second kappa shape index (κ2) is 7.13. The van der Waals surface area contributed by atoms with E-state index in [4.69, 9.17) is 4.42 Å². The molecule has 1 saturated carbocycles. The van der Waals surface area contributed by atoms with E-state index >= 15 is 0 Å². The molecule has 0 spiro atoms. The van der Waals surface area contributed by atoms with Crippen LogP contribution < -0.4 is 0 Å². The molecule has 6 heteroatoms. The lowest BCUT2D eigenvalue weighted by molar-refractivity contribution is -0.131. The average molecular weight is 332 g/mol. The lowest BCUT2D eigenvalue weighted by Gasteiger charge is -2.20. The number of rotatable bonds is 7. The molecule has 5 nitrogen and oxygen atoms in total. The number of likely N-dealkylation sites (N-methyl/N-ethyl adjacent to an activating group) is 1. The monoisotopic (exact) mass is 332 g/mol. The lowest BCUT2D eigenvalue weighted by Crippen LogP contribution is -2.35. The van der Waals surface area contributed by atoms with Crippen molar-refractivity contribution in [3.05, 3.63) is 42.2 Å². The standard InChI is InChI=1S/C18H21FN2O3/c1-21(11-15(22)12-2-3-12)18(23)9-8-17-20-10-16(24-17)13-4-6-14(19)7-5-13/h4-7,10,12,15,22H,2-3,8-9,11H2,1H3. The van der Waals surface area contributed by atoms with Crippen LogP contribution in [0.15, 0.2) is 34.9 Å². The minimum atomic E-state index is -0.425. The Labute approximate surface area is 140 Å². The summed E-state index contributed by atoms with van der Waals surface area (Å²) in [6.07, 6.45) is 3.91. The molecule has 0 bridgehead atoms. The van der Waals surface area contributed by atoms with Gasteiger partial charge in [-0.15, -0.1) is 0 Å². The van der Waals surface area contributed by atoms with Crippen molar-refractivity contribution >= 4 is 5.91 Å². The van der Waals surface area contributed by atoms with Crippen LogP contribution in [0.25, 0.3) is 11.3 Å². The summed E-state index contributed by atoms with van der Waals surface area (Å²) in [6, 6.07) is 5.97. The first kappa shape index (κ1) is 16.6. The number of benzene rings is 1. The van der Waals surface area contributed by atoms with Crippen LogP contribution in [0.4, 0.5) is 4.39 Å². The van der Waals surface area contributed by atoms with Gasteiger partial charge in [0, 0.05) is 32.0 Å². The predicted octanol–water partition coefficient (Wildman–Crippen LogP) is 2.64. The van der Waals surface area contributed by atoms with E-state index in [1.54, 1.807) is 30.3 Å². The fourth-order valence-corrected chi connectivity index (χ4v) is 2.59. The van der Waals surface area contributed by atoms with Gasteiger partial charge in [-0.2, -0.15) is 0 Å². The van der Waals surface area contributed by atoms with Crippen molar-refractivity contribution in [2.24, 2.45) is 5.92 Å². The van der Waals surface area contributed by atoms with Crippen LogP contribution >= 0.6 is 0 Å². The highest BCUT2D eigenvalue weighted by Gasteiger charge is 2.31. The Morgan fingerprint density at radius 1 is 1.42 bits per heavy atom. The van der Waals surface area contributed by atoms with Crippen LogP contribution in [0.5, 0.6) is 0 Å². The SMILES string of the molecule is CN(CC(O)C1CC1)C(=O)CCc1ncc(-c2ccc(F)cc2)o1. The van der Waals surface area contributed by atoms with E-state index in [2.05, 4.69) is 4.98 Å². The van der Waals surface area contributed by atoms with Gasteiger partial charge in [-0.1, -0.05) is 0 Å². The number of oxazole rings is 1. The quantitative estimate of drug-likeness (QED) is 0.846. The third-order valence-electron chi connectivity index (χ3n) is 4.29. The molecule has 1 aromatic heterocycles. The first-order valence-corrected chi connectivity index (χ1v) is 8.15. The van der Waals surface area contributed by atoms with Gasteiger partial charge in [0.2, 0.25) is 5.91 Å². The molecule has 0 radical (unpaired) electrons. The second-order valence-electron chi connectivity index (χ2n) is 6.30. The number of aromatic nitrogens is 1. The number of hydrogen-bond acceptors (Lipinski definition) is 4. The number of aliphatic hydroxyl groups excluding tert-OH is 1. The van der Waals surface area contributed by atoms with Crippen molar-refractivity contribution < 1.29 is 18.7 Å². The van der Waals surface area contributed by atoms with Gasteiger partial charge in [-0.3, -0.25) is 4.79 Å². The Morgan fingerprint density at radius 3 is 2.79 bits per heavy atom. The first-order valence-electron chi connectivity index (χ1n) is 8.15. The molecule has 0 aliphatic heterocycles. The summed E-state index contributed by atoms with van der Waals surface area (Å²) in [7, 11) is 1.70. The van der Waals surface area contributed by atoms with Crippen molar-refractivity contribution in [2.75, 3.05) is 13.6 Å². The molecule has 0 saturated heterocycles. The van der Waals surface area contributed by atoms with Gasteiger partial charge in [0.15, 0.2) is 11.7 Å². The van der Waals surface area contributed by atoms with Crippen LogP contribution in [0.2, 0.25) is 0 Å². The molecule has 1 amide bonds. The van der Waals surface area contributed by atoms with Gasteiger partial charge in [0.05, 0.1) is 12.3 Å². The summed E-state index contributed by atoms with van der Waals surface area (Å²) in [5.41, 5.74) is 0.742. The Bertz CT molecular complexity index is 695. The van der Waals surface area contributed by atoms with Gasteiger partial charge in [0.1, 0.15) is 5.82 Å². The zero-order valence-electron chi connectivity index (χ0n) is 13.6. The molecule has 1 aliphatic rings. The zero-order valence-corrected chi connectivity index (χ0v) is 13.6. The van der Waals surface area contributed by atoms with E-state index in [0.717, 1.165) is 18.4 Å². The summed E-state index contributed by atoms with van der Waals surface area (Å²) in [6.45, 7) is 0.371. The van der Waals surface area contributed by atoms with Crippen LogP contribution in [0.3, 0.4) is 0 Å². The van der Waals surface area contributed by atoms with Gasteiger partial charge in [-0.25, -0.2) is 9.37 Å². The van der Waals surface area contributed by atoms with Crippen molar-refractivity contribution in [1.29, 1.82) is 0 Å². The van der Waals surface area contributed by atoms with Crippen molar-refractivity contribution in [3.63, 3.8) is 0 Å². The highest BCUT2D eigenvalue weighted by molar-refractivity contribution is 5.76. The highest BCUT2D eigenvalue weighted by Crippen LogP contribution is 2.32. The van der Waals surface area contributed by atoms with Crippen molar-refractivity contribution in [2.45, 2.75) is 31.8 Å². The largest absolute Gasteiger partial charge is 0.441 e. The Hall–Kier alpha value is -2.21. The Morgan fingerprint density at radius 2 is 2.12 bits per heavy atom. The third-order valence-corrected chi connectivity index (χ3v) is 4.29. The molecule has 1 unspecified atom stereocenters. The molecule has 128 valence electrons. The lowest BCUT2D eigenvalue weighted by atomic mass is 10.2. The fourth-order valence-electron chi connectivity index (χ4n) is 2.59. The van der Waals surface area contributed by atoms with Gasteiger partial charge >= 0.3 is 0 Å². The molecule has 1 fully saturated rings. The topological polar surface area (TPSA) is 66.6 Å². The molecule has 1 aliphatic carbocycles. The van der Waals surface area contributed by atoms with E-state index in [9.17, 15) is 14.3 Å². The van der Waals surface area contributed by atoms with E-state index < -0.39 is 6.10 Å². The molecule has 3 rings (SSSR count). The second-order valence-corrected chi connectivity index (χ2v) is 6.30. The van der Waals surface area contributed by atoms with Gasteiger partial charge < -0.3 is 14.4 Å². The molecule has 2 aromatic rings. The maximum Gasteiger partial charge on any atom is 0.222 e. The number of halogens is 1. The van der Waals surface area contributed by atoms with E-state index in [1.807, 2.05) is 0 Å². The maximum absolute atomic E-state index is 12.9. The molecular weight excluding hydrogens is 311 g/mol. The molecule has 1 N–H and O–H groups in total. The number of nitrogens with zero attached hydrogens (tertiary/aromatic N) is 2. The molecule has 1 heterocycles. The molecule has 24 heavy (non-hydrogen) atoms. The fraction of sp³-hybridized carbons (Fsp3) is 0.444. The van der Waals surface area contributed by atoms with E-state index in [-0.39, 0.29) is 18.1 Å². The maximum atomic E-state index is 12.9. The van der Waals surface area contributed by atoms with E-state index in [1.165, 1.54) is 12.1 Å². The van der Waals surface area contributed by atoms with Crippen molar-refractivity contribution in [3.8, 4) is 11.3 Å². The van der Waals surface area contributed by atoms with Gasteiger partial charge in [-0.05, 0) is 43.0 Å². The number of aliphatic hydroxyl groups is 1. The smallest absolute Gasteiger partial charge is 0.222 e. The minimum absolute atomic E-state index is 0.0452. The average Bonchev–Trinajstić information content (AvgIpc) is 3.32. The van der Waals surface area contributed by atoms with Crippen LogP contribution in [0, 0.1) is 11.7 Å². The Balaban J connectivity index is 1.51. The summed E-state index contributed by atoms with van der Waals surface area (Å²) in [4.78, 5) is 17.8. The van der Waals surface area contributed by atoms with Crippen LogP contribution in [-0.4, -0.2) is 40.6 Å². The summed E-state index contributed by atoms with van der Waals surface area (Å²) in [5, 5.41) is 9.89. The summed E-state index contributed by atoms with van der Waals surface area (Å²) in [5.74, 6) is 1.02. The number of hydrogen-bond donors (Lipinski definition) is 1. The van der Waals surface area contributed by atoms with Crippen LogP contribution in [-0.2, 0) is 11.2 Å². The third kappa shape index (κ3) is 4.20. The van der Waals surface area contributed by atoms with E-state index in [0.29, 0.717) is 30.5 Å². The highest BCUT2D eigenvalue weighted by atomic mass is 19.1. The predicted molar refractivity (Wildman–Crippen MR) is 86.6 cm³/mol. The zero-order chi connectivity index (χ0) is 17.1.